The number of nitrogens with one attached hydrogen (secondary N) is 3. The number of anilines is 2. The minimum Gasteiger partial charge on any atom is -0.382 e. The molecule has 6 heteroatoms. The lowest BCUT2D eigenvalue weighted by Gasteiger charge is -2.22. The highest BCUT2D eigenvalue weighted by atomic mass is 16.5. The van der Waals surface area contributed by atoms with Gasteiger partial charge in [-0.25, -0.2) is 0 Å². The number of benzene rings is 1. The first-order chi connectivity index (χ1) is 9.83. The smallest absolute Gasteiger partial charge is 0.253 e. The minimum atomic E-state index is -0.0895. The Labute approximate surface area is 118 Å². The van der Waals surface area contributed by atoms with Gasteiger partial charge in [0.15, 0.2) is 0 Å². The third kappa shape index (κ3) is 3.85. The van der Waals surface area contributed by atoms with Crippen molar-refractivity contribution in [3.63, 3.8) is 0 Å². The molecule has 1 amide bonds. The fourth-order valence-electron chi connectivity index (χ4n) is 2.04. The van der Waals surface area contributed by atoms with E-state index in [2.05, 4.69) is 16.0 Å². The van der Waals surface area contributed by atoms with Gasteiger partial charge in [-0.05, 0) is 12.1 Å². The summed E-state index contributed by atoms with van der Waals surface area (Å²) < 4.78 is 10.2. The third-order valence-electron chi connectivity index (χ3n) is 3.02. The van der Waals surface area contributed by atoms with E-state index in [0.29, 0.717) is 31.9 Å². The van der Waals surface area contributed by atoms with Crippen LogP contribution < -0.4 is 16.0 Å². The molecule has 0 aromatic heterocycles. The lowest BCUT2D eigenvalue weighted by atomic mass is 10.1. The molecule has 0 fully saturated rings. The van der Waals surface area contributed by atoms with E-state index in [1.807, 2.05) is 18.2 Å². The molecule has 0 atom stereocenters. The summed E-state index contributed by atoms with van der Waals surface area (Å²) in [5, 5.41) is 9.38. The molecule has 1 aromatic rings. The lowest BCUT2D eigenvalue weighted by molar-refractivity contribution is 0.0693. The molecule has 0 saturated heterocycles. The number of amides is 1. The van der Waals surface area contributed by atoms with Crippen molar-refractivity contribution in [2.45, 2.75) is 0 Å². The zero-order chi connectivity index (χ0) is 14.2. The number of ether oxygens (including phenoxy) is 2. The maximum atomic E-state index is 12.1. The van der Waals surface area contributed by atoms with Gasteiger partial charge < -0.3 is 25.4 Å². The molecule has 1 heterocycles. The summed E-state index contributed by atoms with van der Waals surface area (Å²) in [5.41, 5.74) is 2.50. The highest BCUT2D eigenvalue weighted by Crippen LogP contribution is 2.27. The zero-order valence-electron chi connectivity index (χ0n) is 11.7. The Morgan fingerprint density at radius 3 is 2.95 bits per heavy atom. The molecule has 2 rings (SSSR count). The van der Waals surface area contributed by atoms with Crippen molar-refractivity contribution in [3.05, 3.63) is 23.8 Å². The quantitative estimate of drug-likeness (QED) is 0.647. The van der Waals surface area contributed by atoms with E-state index >= 15 is 0 Å². The number of hydrogen-bond donors (Lipinski definition) is 3. The van der Waals surface area contributed by atoms with Gasteiger partial charge in [-0.15, -0.1) is 0 Å². The fourth-order valence-corrected chi connectivity index (χ4v) is 2.04. The molecule has 3 N–H and O–H groups in total. The first-order valence-electron chi connectivity index (χ1n) is 6.78. The second kappa shape index (κ2) is 7.72. The first-order valence-corrected chi connectivity index (χ1v) is 6.78. The molecule has 6 nitrogen and oxygen atoms in total. The Balaban J connectivity index is 1.83. The van der Waals surface area contributed by atoms with Gasteiger partial charge in [0, 0.05) is 26.7 Å². The Bertz CT molecular complexity index is 451. The van der Waals surface area contributed by atoms with Crippen molar-refractivity contribution in [3.8, 4) is 0 Å². The Morgan fingerprint density at radius 1 is 1.25 bits per heavy atom. The molecule has 0 bridgehead atoms. The number of rotatable bonds is 7. The van der Waals surface area contributed by atoms with Gasteiger partial charge in [-0.3, -0.25) is 4.79 Å². The van der Waals surface area contributed by atoms with Crippen LogP contribution in [0.3, 0.4) is 0 Å². The number of fused-ring (bicyclic) bond motifs is 1. The number of carbonyl (C=O) groups is 1. The molecule has 1 aliphatic rings. The highest BCUT2D eigenvalue weighted by molar-refractivity contribution is 6.02. The van der Waals surface area contributed by atoms with Crippen LogP contribution in [0.25, 0.3) is 0 Å². The molecule has 20 heavy (non-hydrogen) atoms. The summed E-state index contributed by atoms with van der Waals surface area (Å²) in [6, 6.07) is 5.66. The Kier molecular flexibility index (Phi) is 5.64. The maximum Gasteiger partial charge on any atom is 0.253 e. The van der Waals surface area contributed by atoms with E-state index in [9.17, 15) is 4.79 Å². The van der Waals surface area contributed by atoms with Gasteiger partial charge in [0.1, 0.15) is 0 Å². The third-order valence-corrected chi connectivity index (χ3v) is 3.02. The van der Waals surface area contributed by atoms with Crippen molar-refractivity contribution < 1.29 is 14.3 Å². The van der Waals surface area contributed by atoms with Crippen molar-refractivity contribution >= 4 is 17.3 Å². The van der Waals surface area contributed by atoms with Gasteiger partial charge in [-0.1, -0.05) is 6.07 Å². The van der Waals surface area contributed by atoms with Crippen molar-refractivity contribution in [1.29, 1.82) is 0 Å². The SMILES string of the molecule is COCCOCCNC(=O)c1cccc2c1NCCN2. The van der Waals surface area contributed by atoms with Crippen LogP contribution in [0.15, 0.2) is 18.2 Å². The van der Waals surface area contributed by atoms with Crippen LogP contribution in [0, 0.1) is 0 Å². The number of carbonyl (C=O) groups excluding carboxylic acids is 1. The molecular formula is C14H21N3O3. The number of hydrogen-bond acceptors (Lipinski definition) is 5. The molecule has 1 aromatic carbocycles. The van der Waals surface area contributed by atoms with Crippen LogP contribution in [0.1, 0.15) is 10.4 Å². The lowest BCUT2D eigenvalue weighted by Crippen LogP contribution is -2.30. The molecule has 0 unspecified atom stereocenters. The highest BCUT2D eigenvalue weighted by Gasteiger charge is 2.16. The van der Waals surface area contributed by atoms with Gasteiger partial charge in [0.25, 0.3) is 5.91 Å². The van der Waals surface area contributed by atoms with E-state index < -0.39 is 0 Å². The van der Waals surface area contributed by atoms with Crippen LogP contribution in [-0.2, 0) is 9.47 Å². The average Bonchev–Trinajstić information content (AvgIpc) is 2.50. The van der Waals surface area contributed by atoms with Gasteiger partial charge >= 0.3 is 0 Å². The van der Waals surface area contributed by atoms with Crippen molar-refractivity contribution in [2.24, 2.45) is 0 Å². The first kappa shape index (κ1) is 14.6. The van der Waals surface area contributed by atoms with E-state index in [4.69, 9.17) is 9.47 Å². The van der Waals surface area contributed by atoms with E-state index in [1.54, 1.807) is 7.11 Å². The van der Waals surface area contributed by atoms with Gasteiger partial charge in [0.2, 0.25) is 0 Å². The largest absolute Gasteiger partial charge is 0.382 e. The summed E-state index contributed by atoms with van der Waals surface area (Å²) in [6.07, 6.45) is 0. The van der Waals surface area contributed by atoms with E-state index in [0.717, 1.165) is 24.5 Å². The summed E-state index contributed by atoms with van der Waals surface area (Å²) in [4.78, 5) is 12.1. The van der Waals surface area contributed by atoms with Crippen LogP contribution in [0.2, 0.25) is 0 Å². The normalized spacial score (nSPS) is 13.1. The Morgan fingerprint density at radius 2 is 2.10 bits per heavy atom. The molecule has 110 valence electrons. The van der Waals surface area contributed by atoms with Crippen LogP contribution in [0.5, 0.6) is 0 Å². The van der Waals surface area contributed by atoms with Crippen molar-refractivity contribution in [2.75, 3.05) is 57.2 Å². The van der Waals surface area contributed by atoms with Crippen LogP contribution in [0.4, 0.5) is 11.4 Å². The molecule has 1 aliphatic heterocycles. The summed E-state index contributed by atoms with van der Waals surface area (Å²) in [5.74, 6) is -0.0895. The summed E-state index contributed by atoms with van der Waals surface area (Å²) in [6.45, 7) is 3.76. The fraction of sp³-hybridized carbons (Fsp3) is 0.500. The van der Waals surface area contributed by atoms with Crippen LogP contribution in [-0.4, -0.2) is 52.5 Å². The standard InChI is InChI=1S/C14H21N3O3/c1-19-9-10-20-8-7-17-14(18)11-3-2-4-12-13(11)16-6-5-15-12/h2-4,15-16H,5-10H2,1H3,(H,17,18). The molecule has 0 aliphatic carbocycles. The van der Waals surface area contributed by atoms with Crippen LogP contribution >= 0.6 is 0 Å². The van der Waals surface area contributed by atoms with Crippen molar-refractivity contribution in [1.82, 2.24) is 5.32 Å². The topological polar surface area (TPSA) is 71.6 Å². The summed E-state index contributed by atoms with van der Waals surface area (Å²) in [7, 11) is 1.63. The molecular weight excluding hydrogens is 258 g/mol. The summed E-state index contributed by atoms with van der Waals surface area (Å²) >= 11 is 0. The predicted octanol–water partition coefficient (Wildman–Crippen LogP) is 0.917. The second-order valence-electron chi connectivity index (χ2n) is 4.44. The van der Waals surface area contributed by atoms with Gasteiger partial charge in [0.05, 0.1) is 36.8 Å². The second-order valence-corrected chi connectivity index (χ2v) is 4.44. The molecule has 0 saturated carbocycles. The number of methoxy groups -OCH3 is 1. The predicted molar refractivity (Wildman–Crippen MR) is 78.4 cm³/mol. The Hall–Kier alpha value is -1.79. The number of para-hydroxylation sites is 1. The average molecular weight is 279 g/mol. The van der Waals surface area contributed by atoms with E-state index in [-0.39, 0.29) is 5.91 Å². The molecule has 0 radical (unpaired) electrons. The van der Waals surface area contributed by atoms with Gasteiger partial charge in [-0.2, -0.15) is 0 Å². The monoisotopic (exact) mass is 279 g/mol. The minimum absolute atomic E-state index is 0.0895. The van der Waals surface area contributed by atoms with E-state index in [1.165, 1.54) is 0 Å². The molecule has 0 spiro atoms. The maximum absolute atomic E-state index is 12.1. The zero-order valence-corrected chi connectivity index (χ0v) is 11.7.